The van der Waals surface area contributed by atoms with Crippen LogP contribution in [0.5, 0.6) is 0 Å². The minimum absolute atomic E-state index is 0.148. The molecule has 0 radical (unpaired) electrons. The predicted octanol–water partition coefficient (Wildman–Crippen LogP) is 2.85. The lowest BCUT2D eigenvalue weighted by Crippen LogP contribution is -2.22. The average molecular weight is 222 g/mol. The van der Waals surface area contributed by atoms with E-state index >= 15 is 0 Å². The lowest BCUT2D eigenvalue weighted by Gasteiger charge is -2.06. The summed E-state index contributed by atoms with van der Waals surface area (Å²) < 4.78 is 34.6. The van der Waals surface area contributed by atoms with E-state index in [1.165, 1.54) is 0 Å². The summed E-state index contributed by atoms with van der Waals surface area (Å²) in [4.78, 5) is 0. The minimum atomic E-state index is -4.12. The first-order chi connectivity index (χ1) is 5.45. The van der Waals surface area contributed by atoms with E-state index < -0.39 is 12.6 Å². The quantitative estimate of drug-likeness (QED) is 0.721. The molecule has 0 aromatic carbocycles. The van der Waals surface area contributed by atoms with Crippen LogP contribution < -0.4 is 5.32 Å². The van der Waals surface area contributed by atoms with Gasteiger partial charge in [-0.25, -0.2) is 0 Å². The van der Waals surface area contributed by atoms with Crippen LogP contribution in [0.1, 0.15) is 6.42 Å². The summed E-state index contributed by atoms with van der Waals surface area (Å²) in [6.07, 6.45) is -4.98. The van der Waals surface area contributed by atoms with Gasteiger partial charge < -0.3 is 5.32 Å². The molecule has 0 aliphatic rings. The lowest BCUT2D eigenvalue weighted by molar-refractivity contribution is -0.133. The van der Waals surface area contributed by atoms with Crippen molar-refractivity contribution >= 4 is 23.2 Å². The molecule has 1 nitrogen and oxygen atoms in total. The number of hydrogen-bond donors (Lipinski definition) is 1. The average Bonchev–Trinajstić information content (AvgIpc) is 1.96. The van der Waals surface area contributed by atoms with E-state index in [1.807, 2.05) is 0 Å². The largest absolute Gasteiger partial charge is 0.390 e. The highest BCUT2D eigenvalue weighted by molar-refractivity contribution is 6.36. The molecule has 0 saturated carbocycles. The zero-order valence-electron chi connectivity index (χ0n) is 6.09. The number of alkyl halides is 3. The smallest absolute Gasteiger partial charge is 0.311 e. The fraction of sp³-hybridized carbons (Fsp3) is 0.667. The Balaban J connectivity index is 3.34. The van der Waals surface area contributed by atoms with E-state index in [4.69, 9.17) is 23.2 Å². The molecule has 0 atom stereocenters. The minimum Gasteiger partial charge on any atom is -0.311 e. The fourth-order valence-electron chi connectivity index (χ4n) is 0.477. The van der Waals surface area contributed by atoms with Crippen molar-refractivity contribution < 1.29 is 13.2 Å². The molecule has 0 aliphatic heterocycles. The first-order valence-corrected chi connectivity index (χ1v) is 3.99. The summed E-state index contributed by atoms with van der Waals surface area (Å²) in [5, 5.41) is 2.78. The predicted molar refractivity (Wildman–Crippen MR) is 43.3 cm³/mol. The molecule has 0 spiro atoms. The highest BCUT2D eigenvalue weighted by Gasteiger charge is 2.25. The van der Waals surface area contributed by atoms with Crippen LogP contribution in [0.4, 0.5) is 13.2 Å². The molecule has 0 aromatic heterocycles. The highest BCUT2D eigenvalue weighted by Crippen LogP contribution is 2.18. The molecule has 0 bridgehead atoms. The van der Waals surface area contributed by atoms with Gasteiger partial charge in [0.05, 0.1) is 6.42 Å². The van der Waals surface area contributed by atoms with Gasteiger partial charge in [0.25, 0.3) is 0 Å². The molecule has 0 unspecified atom stereocenters. The van der Waals surface area contributed by atoms with E-state index in [9.17, 15) is 13.2 Å². The second-order valence-electron chi connectivity index (χ2n) is 2.10. The van der Waals surface area contributed by atoms with Gasteiger partial charge in [0.1, 0.15) is 0 Å². The lowest BCUT2D eigenvalue weighted by atomic mass is 10.4. The van der Waals surface area contributed by atoms with E-state index in [0.29, 0.717) is 5.03 Å². The van der Waals surface area contributed by atoms with Gasteiger partial charge in [0, 0.05) is 23.7 Å². The number of nitrogens with one attached hydrogen (secondary N) is 1. The van der Waals surface area contributed by atoms with Crippen LogP contribution in [0, 0.1) is 0 Å². The molecule has 0 aromatic rings. The molecule has 12 heavy (non-hydrogen) atoms. The van der Waals surface area contributed by atoms with Crippen molar-refractivity contribution in [1.82, 2.24) is 5.32 Å². The molecule has 72 valence electrons. The Hall–Kier alpha value is 0.0700. The maximum Gasteiger partial charge on any atom is 0.390 e. The SMILES string of the molecule is FC(F)(F)CCNCC(Cl)=CCl. The third-order valence-corrected chi connectivity index (χ3v) is 1.62. The topological polar surface area (TPSA) is 12.0 Å². The molecule has 1 N–H and O–H groups in total. The fourth-order valence-corrected chi connectivity index (χ4v) is 0.648. The molecule has 0 amide bonds. The van der Waals surface area contributed by atoms with Crippen molar-refractivity contribution in [1.29, 1.82) is 0 Å². The van der Waals surface area contributed by atoms with Crippen LogP contribution in [0.2, 0.25) is 0 Å². The zero-order valence-corrected chi connectivity index (χ0v) is 7.60. The van der Waals surface area contributed by atoms with Crippen molar-refractivity contribution in [2.45, 2.75) is 12.6 Å². The summed E-state index contributed by atoms with van der Waals surface area (Å²) >= 11 is 10.6. The molecule has 6 heteroatoms. The van der Waals surface area contributed by atoms with Gasteiger partial charge in [-0.15, -0.1) is 0 Å². The van der Waals surface area contributed by atoms with E-state index in [0.717, 1.165) is 5.54 Å². The van der Waals surface area contributed by atoms with Crippen molar-refractivity contribution in [3.8, 4) is 0 Å². The maximum atomic E-state index is 11.5. The summed E-state index contributed by atoms with van der Waals surface area (Å²) in [6.45, 7) is 0.0194. The Morgan fingerprint density at radius 1 is 1.42 bits per heavy atom. The zero-order chi connectivity index (χ0) is 9.61. The Kier molecular flexibility index (Phi) is 5.70. The van der Waals surface area contributed by atoms with Crippen molar-refractivity contribution in [3.05, 3.63) is 10.6 Å². The monoisotopic (exact) mass is 221 g/mol. The standard InChI is InChI=1S/C6H8Cl2F3N/c7-3-5(8)4-12-2-1-6(9,10)11/h3,12H,1-2,4H2. The van der Waals surface area contributed by atoms with Gasteiger partial charge in [-0.2, -0.15) is 13.2 Å². The third kappa shape index (κ3) is 8.17. The number of halogens is 5. The van der Waals surface area contributed by atoms with Crippen LogP contribution in [0.25, 0.3) is 0 Å². The summed E-state index contributed by atoms with van der Waals surface area (Å²) in [5.74, 6) is 0. The van der Waals surface area contributed by atoms with E-state index in [2.05, 4.69) is 5.32 Å². The Morgan fingerprint density at radius 2 is 2.00 bits per heavy atom. The van der Waals surface area contributed by atoms with Gasteiger partial charge in [-0.05, 0) is 0 Å². The second kappa shape index (κ2) is 5.67. The van der Waals surface area contributed by atoms with Crippen LogP contribution >= 0.6 is 23.2 Å². The van der Waals surface area contributed by atoms with E-state index in [1.54, 1.807) is 0 Å². The first kappa shape index (κ1) is 12.1. The highest BCUT2D eigenvalue weighted by atomic mass is 35.5. The van der Waals surface area contributed by atoms with Crippen molar-refractivity contribution in [2.75, 3.05) is 13.1 Å². The van der Waals surface area contributed by atoms with Gasteiger partial charge in [-0.3, -0.25) is 0 Å². The first-order valence-electron chi connectivity index (χ1n) is 3.18. The summed E-state index contributed by atoms with van der Waals surface area (Å²) in [5.41, 5.74) is 1.11. The Labute approximate surface area is 78.5 Å². The van der Waals surface area contributed by atoms with Crippen LogP contribution in [0.3, 0.4) is 0 Å². The van der Waals surface area contributed by atoms with Crippen molar-refractivity contribution in [2.24, 2.45) is 0 Å². The molecular formula is C6H8Cl2F3N. The third-order valence-electron chi connectivity index (χ3n) is 0.998. The Morgan fingerprint density at radius 3 is 2.42 bits per heavy atom. The van der Waals surface area contributed by atoms with Crippen LogP contribution in [0.15, 0.2) is 10.6 Å². The molecule has 0 saturated heterocycles. The van der Waals surface area contributed by atoms with Crippen molar-refractivity contribution in [3.63, 3.8) is 0 Å². The Bertz CT molecular complexity index is 155. The molecule has 0 rings (SSSR count). The van der Waals surface area contributed by atoms with E-state index in [-0.39, 0.29) is 13.1 Å². The molecule has 0 heterocycles. The van der Waals surface area contributed by atoms with Gasteiger partial charge in [0.15, 0.2) is 0 Å². The maximum absolute atomic E-state index is 11.5. The van der Waals surface area contributed by atoms with Gasteiger partial charge >= 0.3 is 6.18 Å². The molecular weight excluding hydrogens is 214 g/mol. The number of hydrogen-bond acceptors (Lipinski definition) is 1. The van der Waals surface area contributed by atoms with Crippen LogP contribution in [-0.4, -0.2) is 19.3 Å². The number of rotatable bonds is 4. The second-order valence-corrected chi connectivity index (χ2v) is 2.80. The summed E-state index contributed by atoms with van der Waals surface area (Å²) in [7, 11) is 0. The van der Waals surface area contributed by atoms with Gasteiger partial charge in [-0.1, -0.05) is 23.2 Å². The van der Waals surface area contributed by atoms with Gasteiger partial charge in [0.2, 0.25) is 0 Å². The van der Waals surface area contributed by atoms with Crippen LogP contribution in [-0.2, 0) is 0 Å². The molecule has 0 aliphatic carbocycles. The molecule has 0 fully saturated rings. The summed E-state index contributed by atoms with van der Waals surface area (Å²) in [6, 6.07) is 0. The normalized spacial score (nSPS) is 13.6.